The number of aryl methyl sites for hydroxylation is 2. The van der Waals surface area contributed by atoms with Gasteiger partial charge in [-0.25, -0.2) is 9.78 Å². The summed E-state index contributed by atoms with van der Waals surface area (Å²) in [5.74, 6) is 1.92. The van der Waals surface area contributed by atoms with Crippen LogP contribution in [-0.2, 0) is 0 Å². The Hall–Kier alpha value is -3.39. The molecule has 4 N–H and O–H groups in total. The van der Waals surface area contributed by atoms with Crippen molar-refractivity contribution < 1.29 is 4.79 Å². The molecule has 0 aliphatic heterocycles. The topological polar surface area (TPSA) is 104 Å². The number of carbonyl (C=O) groups is 1. The van der Waals surface area contributed by atoms with Gasteiger partial charge in [0.05, 0.1) is 10.7 Å². The van der Waals surface area contributed by atoms with Gasteiger partial charge in [0.15, 0.2) is 5.82 Å². The summed E-state index contributed by atoms with van der Waals surface area (Å²) >= 11 is 6.07. The number of nitrogens with one attached hydrogen (secondary N) is 4. The number of anilines is 4. The van der Waals surface area contributed by atoms with E-state index >= 15 is 0 Å². The molecule has 2 amide bonds. The number of halogens is 1. The maximum Gasteiger partial charge on any atom is 0.319 e. The van der Waals surface area contributed by atoms with Crippen LogP contribution in [-0.4, -0.2) is 34.3 Å². The van der Waals surface area contributed by atoms with Crippen molar-refractivity contribution in [3.05, 3.63) is 64.8 Å². The van der Waals surface area contributed by atoms with Crippen molar-refractivity contribution in [3.8, 4) is 0 Å². The fraction of sp³-hybridized carbons (Fsp3) is 0.200. The molecule has 150 valence electrons. The molecule has 2 heterocycles. The molecule has 0 aliphatic carbocycles. The van der Waals surface area contributed by atoms with Crippen LogP contribution in [0.5, 0.6) is 0 Å². The van der Waals surface area contributed by atoms with Crippen molar-refractivity contribution in [1.29, 1.82) is 0 Å². The Morgan fingerprint density at radius 1 is 0.931 bits per heavy atom. The zero-order valence-corrected chi connectivity index (χ0v) is 16.9. The van der Waals surface area contributed by atoms with Gasteiger partial charge in [-0.2, -0.15) is 0 Å². The van der Waals surface area contributed by atoms with Gasteiger partial charge in [-0.1, -0.05) is 17.7 Å². The molecule has 0 fully saturated rings. The van der Waals surface area contributed by atoms with E-state index in [0.717, 1.165) is 11.1 Å². The van der Waals surface area contributed by atoms with Crippen molar-refractivity contribution in [1.82, 2.24) is 20.5 Å². The average molecular weight is 412 g/mol. The molecule has 1 aromatic carbocycles. The van der Waals surface area contributed by atoms with Crippen LogP contribution in [0.1, 0.15) is 11.1 Å². The van der Waals surface area contributed by atoms with E-state index in [2.05, 4.69) is 36.4 Å². The zero-order chi connectivity index (χ0) is 20.6. The lowest BCUT2D eigenvalue weighted by Gasteiger charge is -2.10. The van der Waals surface area contributed by atoms with Crippen LogP contribution in [0.4, 0.5) is 27.9 Å². The Bertz CT molecular complexity index is 979. The lowest BCUT2D eigenvalue weighted by Crippen LogP contribution is -2.32. The van der Waals surface area contributed by atoms with Crippen molar-refractivity contribution in [2.45, 2.75) is 13.8 Å². The predicted molar refractivity (Wildman–Crippen MR) is 116 cm³/mol. The monoisotopic (exact) mass is 411 g/mol. The van der Waals surface area contributed by atoms with E-state index in [1.54, 1.807) is 24.4 Å². The molecule has 0 unspecified atom stereocenters. The van der Waals surface area contributed by atoms with Gasteiger partial charge >= 0.3 is 6.03 Å². The highest BCUT2D eigenvalue weighted by Crippen LogP contribution is 2.22. The maximum atomic E-state index is 12.0. The third-order valence-corrected chi connectivity index (χ3v) is 4.25. The zero-order valence-electron chi connectivity index (χ0n) is 16.2. The Labute approximate surface area is 174 Å². The molecule has 3 aromatic rings. The summed E-state index contributed by atoms with van der Waals surface area (Å²) in [6.07, 6.45) is 1.73. The Morgan fingerprint density at radius 2 is 1.69 bits per heavy atom. The summed E-state index contributed by atoms with van der Waals surface area (Å²) in [5.41, 5.74) is 2.70. The molecule has 0 saturated heterocycles. The molecule has 0 aliphatic rings. The summed E-state index contributed by atoms with van der Waals surface area (Å²) in [7, 11) is 0. The first-order chi connectivity index (χ1) is 14.0. The van der Waals surface area contributed by atoms with Crippen LogP contribution in [0.25, 0.3) is 0 Å². The number of amides is 2. The van der Waals surface area contributed by atoms with Crippen LogP contribution >= 0.6 is 11.6 Å². The van der Waals surface area contributed by atoms with Gasteiger partial charge in [-0.05, 0) is 61.4 Å². The minimum Gasteiger partial charge on any atom is -0.367 e. The van der Waals surface area contributed by atoms with Crippen LogP contribution in [0.2, 0.25) is 5.02 Å². The second-order valence-corrected chi connectivity index (χ2v) is 6.85. The molecule has 0 bridgehead atoms. The molecular formula is C20H22ClN7O. The number of rotatable bonds is 7. The summed E-state index contributed by atoms with van der Waals surface area (Å²) < 4.78 is 0. The number of carbonyl (C=O) groups excluding carboxylic acids is 1. The van der Waals surface area contributed by atoms with Crippen molar-refractivity contribution in [3.63, 3.8) is 0 Å². The fourth-order valence-electron chi connectivity index (χ4n) is 2.50. The highest BCUT2D eigenvalue weighted by atomic mass is 35.5. The first-order valence-electron chi connectivity index (χ1n) is 9.08. The highest BCUT2D eigenvalue weighted by Gasteiger charge is 2.05. The van der Waals surface area contributed by atoms with E-state index in [1.807, 2.05) is 38.1 Å². The summed E-state index contributed by atoms with van der Waals surface area (Å²) in [6.45, 7) is 4.83. The first-order valence-corrected chi connectivity index (χ1v) is 9.46. The highest BCUT2D eigenvalue weighted by molar-refractivity contribution is 6.33. The maximum absolute atomic E-state index is 12.0. The van der Waals surface area contributed by atoms with E-state index < -0.39 is 0 Å². The van der Waals surface area contributed by atoms with Gasteiger partial charge in [0.2, 0.25) is 0 Å². The van der Waals surface area contributed by atoms with Crippen LogP contribution in [0, 0.1) is 13.8 Å². The van der Waals surface area contributed by atoms with Crippen molar-refractivity contribution in [2.75, 3.05) is 29.0 Å². The lowest BCUT2D eigenvalue weighted by atomic mass is 10.2. The fourth-order valence-corrected chi connectivity index (χ4v) is 2.66. The van der Waals surface area contributed by atoms with Gasteiger partial charge in [0.25, 0.3) is 0 Å². The number of pyridine rings is 1. The van der Waals surface area contributed by atoms with E-state index in [1.165, 1.54) is 0 Å². The van der Waals surface area contributed by atoms with E-state index in [4.69, 9.17) is 11.6 Å². The minimum absolute atomic E-state index is 0.324. The minimum atomic E-state index is -0.324. The third kappa shape index (κ3) is 6.32. The largest absolute Gasteiger partial charge is 0.367 e. The summed E-state index contributed by atoms with van der Waals surface area (Å²) in [6, 6.07) is 12.6. The summed E-state index contributed by atoms with van der Waals surface area (Å²) in [5, 5.41) is 20.4. The molecule has 2 aromatic heterocycles. The lowest BCUT2D eigenvalue weighted by molar-refractivity contribution is 0.252. The number of benzene rings is 1. The Balaban J connectivity index is 1.41. The second-order valence-electron chi connectivity index (χ2n) is 6.44. The smallest absolute Gasteiger partial charge is 0.319 e. The summed E-state index contributed by atoms with van der Waals surface area (Å²) in [4.78, 5) is 16.2. The van der Waals surface area contributed by atoms with Crippen LogP contribution < -0.4 is 21.3 Å². The van der Waals surface area contributed by atoms with Gasteiger partial charge in [-0.15, -0.1) is 10.2 Å². The molecule has 8 nitrogen and oxygen atoms in total. The first kappa shape index (κ1) is 20.3. The second kappa shape index (κ2) is 9.70. The molecular weight excluding hydrogens is 390 g/mol. The number of urea groups is 1. The van der Waals surface area contributed by atoms with Gasteiger partial charge in [-0.3, -0.25) is 0 Å². The average Bonchev–Trinajstić information content (AvgIpc) is 2.69. The number of nitrogens with zero attached hydrogens (tertiary/aromatic N) is 3. The van der Waals surface area contributed by atoms with E-state index in [-0.39, 0.29) is 6.03 Å². The van der Waals surface area contributed by atoms with E-state index in [0.29, 0.717) is 41.3 Å². The Morgan fingerprint density at radius 3 is 2.45 bits per heavy atom. The number of hydrogen-bond donors (Lipinski definition) is 4. The number of hydrogen-bond acceptors (Lipinski definition) is 6. The number of aromatic nitrogens is 3. The van der Waals surface area contributed by atoms with Crippen molar-refractivity contribution >= 4 is 40.8 Å². The quantitative estimate of drug-likeness (QED) is 0.436. The normalized spacial score (nSPS) is 10.3. The van der Waals surface area contributed by atoms with E-state index in [9.17, 15) is 4.79 Å². The molecule has 29 heavy (non-hydrogen) atoms. The van der Waals surface area contributed by atoms with Crippen LogP contribution in [0.15, 0.2) is 48.7 Å². The molecule has 0 saturated carbocycles. The SMILES string of the molecule is Cc1ccnc(Nc2ccc(NCCNC(=O)Nc3cc(C)ccc3Cl)nn2)c1. The standard InChI is InChI=1S/C20H22ClN7O/c1-13-3-4-15(21)16(11-13)25-20(29)24-10-9-23-17-5-6-18(28-27-17)26-19-12-14(2)7-8-22-19/h3-8,11-12H,9-10H2,1-2H3,(H,23,27)(H,22,26,28)(H2,24,25,29). The molecule has 0 radical (unpaired) electrons. The predicted octanol–water partition coefficient (Wildman–Crippen LogP) is 4.12. The van der Waals surface area contributed by atoms with Crippen molar-refractivity contribution in [2.24, 2.45) is 0 Å². The Kier molecular flexibility index (Phi) is 6.80. The molecule has 0 atom stereocenters. The van der Waals surface area contributed by atoms with Crippen LogP contribution in [0.3, 0.4) is 0 Å². The van der Waals surface area contributed by atoms with Gasteiger partial charge in [0, 0.05) is 19.3 Å². The van der Waals surface area contributed by atoms with Gasteiger partial charge in [0.1, 0.15) is 11.6 Å². The molecule has 0 spiro atoms. The molecule has 9 heteroatoms. The van der Waals surface area contributed by atoms with Gasteiger partial charge < -0.3 is 21.3 Å². The molecule has 3 rings (SSSR count). The third-order valence-electron chi connectivity index (χ3n) is 3.92.